The molecule has 0 bridgehead atoms. The summed E-state index contributed by atoms with van der Waals surface area (Å²) in [7, 11) is 0. The van der Waals surface area contributed by atoms with E-state index in [0.717, 1.165) is 65.4 Å². The number of nitrogens with zero attached hydrogens (tertiary/aromatic N) is 2. The Morgan fingerprint density at radius 2 is 1.35 bits per heavy atom. The van der Waals surface area contributed by atoms with E-state index < -0.39 is 0 Å². The van der Waals surface area contributed by atoms with Gasteiger partial charge in [0.1, 0.15) is 6.07 Å². The van der Waals surface area contributed by atoms with Crippen LogP contribution in [0.5, 0.6) is 0 Å². The van der Waals surface area contributed by atoms with Crippen molar-refractivity contribution in [2.24, 2.45) is 17.3 Å². The van der Waals surface area contributed by atoms with Crippen LogP contribution in [0.15, 0.2) is 103 Å². The van der Waals surface area contributed by atoms with Crippen molar-refractivity contribution in [3.8, 4) is 39.6 Å². The first-order chi connectivity index (χ1) is 25.6. The van der Waals surface area contributed by atoms with Gasteiger partial charge >= 0.3 is 0 Å². The van der Waals surface area contributed by atoms with Gasteiger partial charge in [0.05, 0.1) is 11.3 Å². The first kappa shape index (κ1) is 45.0. The quantitative estimate of drug-likeness (QED) is 0.0814. The monoisotopic (exact) mass is 912 g/mol. The second-order valence-electron chi connectivity index (χ2n) is 16.6. The molecule has 1 aromatic heterocycles. The molecule has 0 aliphatic rings. The number of nitriles is 1. The Kier molecular flexibility index (Phi) is 16.4. The second-order valence-corrected chi connectivity index (χ2v) is 16.6. The number of aliphatic hydroxyl groups is 1. The van der Waals surface area contributed by atoms with Crippen molar-refractivity contribution in [3.63, 3.8) is 0 Å². The summed E-state index contributed by atoms with van der Waals surface area (Å²) >= 11 is 0. The van der Waals surface area contributed by atoms with Crippen LogP contribution in [-0.4, -0.2) is 15.9 Å². The molecule has 291 valence electrons. The number of carbonyl (C=O) groups is 1. The first-order valence-corrected chi connectivity index (χ1v) is 19.6. The topological polar surface area (TPSA) is 74.0 Å². The van der Waals surface area contributed by atoms with Crippen molar-refractivity contribution in [1.82, 2.24) is 4.98 Å². The number of aliphatic hydroxyl groups excluding tert-OH is 1. The van der Waals surface area contributed by atoms with Crippen molar-refractivity contribution >= 4 is 16.6 Å². The SMILES string of the molecule is CC(C)(C)Cc1ccc(-c2ccc(-c3cc(-c4[c-]c5ccccc5c(C(C)(C)C)c4)ncc3C#N)cc2)cc1.CCC(CC)C(=O)/C=C(\O)C(CC)CC.[Ir]. The largest absolute Gasteiger partial charge is 0.512 e. The van der Waals surface area contributed by atoms with E-state index in [2.05, 4.69) is 131 Å². The van der Waals surface area contributed by atoms with Crippen molar-refractivity contribution in [2.45, 2.75) is 107 Å². The molecular weight excluding hydrogens is 853 g/mol. The van der Waals surface area contributed by atoms with Gasteiger partial charge < -0.3 is 5.11 Å². The smallest absolute Gasteiger partial charge is 0.162 e. The van der Waals surface area contributed by atoms with Crippen molar-refractivity contribution in [1.29, 1.82) is 5.26 Å². The number of hydrogen-bond donors (Lipinski definition) is 1. The Morgan fingerprint density at radius 1 is 0.800 bits per heavy atom. The van der Waals surface area contributed by atoms with Crippen LogP contribution in [0.25, 0.3) is 44.3 Å². The average Bonchev–Trinajstić information content (AvgIpc) is 3.14. The Hall–Kier alpha value is -4.36. The Morgan fingerprint density at radius 3 is 1.87 bits per heavy atom. The van der Waals surface area contributed by atoms with Gasteiger partial charge in [-0.2, -0.15) is 5.26 Å². The zero-order valence-electron chi connectivity index (χ0n) is 34.5. The standard InChI is InChI=1S/C37H35N2.C13H24O2.Ir/c1-36(2,3)22-25-11-13-26(14-12-25)27-15-17-28(18-16-27)33-21-35(39-24-31(33)23-38)30-19-29-9-7-8-10-32(29)34(20-30)37(4,5)6;1-5-10(6-2)12(14)9-13(15)11(7-3)8-4;/h7-18,20-21,24H,22H2,1-6H3;9-11,14H,5-8H2,1-4H3;/q-1;;/b;12-9-;. The van der Waals surface area contributed by atoms with Gasteiger partial charge in [0.15, 0.2) is 5.78 Å². The maximum Gasteiger partial charge on any atom is 0.162 e. The van der Waals surface area contributed by atoms with E-state index in [1.54, 1.807) is 6.20 Å². The predicted octanol–water partition coefficient (Wildman–Crippen LogP) is 13.7. The number of fused-ring (bicyclic) bond motifs is 1. The van der Waals surface area contributed by atoms with Gasteiger partial charge in [0.2, 0.25) is 0 Å². The number of pyridine rings is 1. The van der Waals surface area contributed by atoms with E-state index in [9.17, 15) is 15.2 Å². The summed E-state index contributed by atoms with van der Waals surface area (Å²) in [6.07, 6.45) is 7.65. The second kappa shape index (κ2) is 20.0. The molecule has 0 saturated carbocycles. The van der Waals surface area contributed by atoms with Gasteiger partial charge in [-0.05, 0) is 70.8 Å². The minimum Gasteiger partial charge on any atom is -0.512 e. The molecule has 55 heavy (non-hydrogen) atoms. The average molecular weight is 912 g/mol. The van der Waals surface area contributed by atoms with E-state index in [1.165, 1.54) is 28.2 Å². The molecule has 0 aliphatic carbocycles. The number of hydrogen-bond acceptors (Lipinski definition) is 4. The van der Waals surface area contributed by atoms with Gasteiger partial charge in [-0.15, -0.1) is 29.1 Å². The summed E-state index contributed by atoms with van der Waals surface area (Å²) < 4.78 is 0. The number of allylic oxidation sites excluding steroid dienone is 2. The van der Waals surface area contributed by atoms with E-state index in [-0.39, 0.29) is 54.3 Å². The van der Waals surface area contributed by atoms with Gasteiger partial charge in [0, 0.05) is 49.9 Å². The third-order valence-corrected chi connectivity index (χ3v) is 10.2. The molecule has 5 aromatic rings. The van der Waals surface area contributed by atoms with Gasteiger partial charge in [-0.25, -0.2) is 0 Å². The third-order valence-electron chi connectivity index (χ3n) is 10.2. The van der Waals surface area contributed by atoms with E-state index in [1.807, 2.05) is 39.8 Å². The van der Waals surface area contributed by atoms with Crippen LogP contribution in [0.1, 0.15) is 112 Å². The molecule has 4 aromatic carbocycles. The molecule has 0 amide bonds. The molecule has 0 unspecified atom stereocenters. The van der Waals surface area contributed by atoms with Crippen LogP contribution >= 0.6 is 0 Å². The summed E-state index contributed by atoms with van der Waals surface area (Å²) in [6, 6.07) is 35.8. The Balaban J connectivity index is 0.000000433. The molecule has 1 radical (unpaired) electrons. The Bertz CT molecular complexity index is 2080. The van der Waals surface area contributed by atoms with Crippen LogP contribution in [0.2, 0.25) is 0 Å². The van der Waals surface area contributed by atoms with Gasteiger partial charge in [0.25, 0.3) is 0 Å². The molecule has 0 spiro atoms. The first-order valence-electron chi connectivity index (χ1n) is 19.6. The Labute approximate surface area is 344 Å². The van der Waals surface area contributed by atoms with Gasteiger partial charge in [-0.1, -0.05) is 153 Å². The van der Waals surface area contributed by atoms with Crippen LogP contribution in [0, 0.1) is 34.6 Å². The number of carbonyl (C=O) groups excluding carboxylic acids is 1. The van der Waals surface area contributed by atoms with Crippen molar-refractivity contribution in [3.05, 3.63) is 126 Å². The molecule has 0 fully saturated rings. The summed E-state index contributed by atoms with van der Waals surface area (Å²) in [6.45, 7) is 21.6. The van der Waals surface area contributed by atoms with E-state index >= 15 is 0 Å². The number of aromatic nitrogens is 1. The molecule has 4 nitrogen and oxygen atoms in total. The number of ketones is 1. The summed E-state index contributed by atoms with van der Waals surface area (Å²) in [5.41, 5.74) is 9.41. The fraction of sp³-hybridized carbons (Fsp3) is 0.380. The van der Waals surface area contributed by atoms with Crippen LogP contribution in [-0.2, 0) is 36.7 Å². The molecule has 0 atom stereocenters. The third kappa shape index (κ3) is 12.1. The maximum atomic E-state index is 11.7. The fourth-order valence-corrected chi connectivity index (χ4v) is 6.97. The number of benzene rings is 4. The minimum atomic E-state index is -0.0281. The normalized spacial score (nSPS) is 11.9. The molecular formula is C50H59IrN2O2-. The van der Waals surface area contributed by atoms with Crippen LogP contribution in [0.4, 0.5) is 0 Å². The molecule has 1 N–H and O–H groups in total. The fourth-order valence-electron chi connectivity index (χ4n) is 6.97. The number of rotatable bonds is 11. The zero-order valence-corrected chi connectivity index (χ0v) is 36.9. The van der Waals surface area contributed by atoms with Crippen molar-refractivity contribution < 1.29 is 30.0 Å². The maximum absolute atomic E-state index is 11.7. The van der Waals surface area contributed by atoms with Crippen LogP contribution < -0.4 is 0 Å². The summed E-state index contributed by atoms with van der Waals surface area (Å²) in [4.78, 5) is 16.4. The predicted molar refractivity (Wildman–Crippen MR) is 227 cm³/mol. The molecule has 1 heterocycles. The summed E-state index contributed by atoms with van der Waals surface area (Å²) in [5, 5.41) is 21.9. The minimum absolute atomic E-state index is 0. The van der Waals surface area contributed by atoms with E-state index in [4.69, 9.17) is 0 Å². The van der Waals surface area contributed by atoms with E-state index in [0.29, 0.717) is 5.56 Å². The van der Waals surface area contributed by atoms with Gasteiger partial charge in [-0.3, -0.25) is 9.78 Å². The van der Waals surface area contributed by atoms with Crippen molar-refractivity contribution in [2.75, 3.05) is 0 Å². The molecule has 5 heteroatoms. The molecule has 0 aliphatic heterocycles. The molecule has 0 saturated heterocycles. The summed E-state index contributed by atoms with van der Waals surface area (Å²) in [5.74, 6) is 0.547. The molecule has 5 rings (SSSR count). The van der Waals surface area contributed by atoms with Crippen LogP contribution in [0.3, 0.4) is 0 Å². The zero-order chi connectivity index (χ0) is 39.6.